The monoisotopic (exact) mass is 368 g/mol. The maximum Gasteiger partial charge on any atom is 0.358 e. The first-order chi connectivity index (χ1) is 12.5. The van der Waals surface area contributed by atoms with Crippen molar-refractivity contribution in [1.29, 1.82) is 0 Å². The van der Waals surface area contributed by atoms with Crippen molar-refractivity contribution in [3.05, 3.63) is 17.5 Å². The Hall–Kier alpha value is -2.18. The van der Waals surface area contributed by atoms with Gasteiger partial charge in [-0.3, -0.25) is 14.7 Å². The number of nitrogens with zero attached hydrogens (tertiary/aromatic N) is 1. The molecule has 0 bridgehead atoms. The average Bonchev–Trinajstić information content (AvgIpc) is 3.08. The molecule has 148 valence electrons. The number of ether oxygens (including phenoxy) is 2. The molecule has 1 aromatic rings. The Morgan fingerprint density at radius 1 is 1.00 bits per heavy atom. The quantitative estimate of drug-likeness (QED) is 0.473. The van der Waals surface area contributed by atoms with Gasteiger partial charge in [0.05, 0.1) is 13.2 Å². The smallest absolute Gasteiger partial charge is 0.358 e. The van der Waals surface area contributed by atoms with Crippen LogP contribution in [0.2, 0.25) is 0 Å². The Morgan fingerprint density at radius 2 is 1.65 bits per heavy atom. The number of carbonyl (C=O) groups excluding carboxylic acids is 3. The number of aromatic amines is 1. The molecule has 0 fully saturated rings. The van der Waals surface area contributed by atoms with E-state index in [9.17, 15) is 14.4 Å². The van der Waals surface area contributed by atoms with Crippen LogP contribution in [0.4, 0.5) is 0 Å². The van der Waals surface area contributed by atoms with Crippen molar-refractivity contribution in [2.75, 3.05) is 13.2 Å². The standard InChI is InChI=1S/C10H16N2O2.C9H16O3/c1-3-5-6-8-7-9(12-11-8)10(13)14-4-2;1-3-5-6-8(10)7-9(11)12-4-2/h7H,3-6H2,1-2H3,(H,11,12);3-7H2,1-2H3. The molecule has 0 aliphatic heterocycles. The number of unbranched alkanes of at least 4 members (excludes halogenated alkanes) is 2. The third-order valence-electron chi connectivity index (χ3n) is 3.37. The van der Waals surface area contributed by atoms with Crippen molar-refractivity contribution >= 4 is 17.7 Å². The number of H-pyrrole nitrogens is 1. The molecule has 1 rings (SSSR count). The minimum Gasteiger partial charge on any atom is -0.466 e. The molecule has 0 spiro atoms. The lowest BCUT2D eigenvalue weighted by atomic mass is 10.1. The van der Waals surface area contributed by atoms with Crippen molar-refractivity contribution < 1.29 is 23.9 Å². The van der Waals surface area contributed by atoms with Crippen molar-refractivity contribution in [3.63, 3.8) is 0 Å². The highest BCUT2D eigenvalue weighted by atomic mass is 16.5. The Balaban J connectivity index is 0.000000488. The second-order valence-corrected chi connectivity index (χ2v) is 5.73. The van der Waals surface area contributed by atoms with Crippen LogP contribution in [-0.4, -0.2) is 41.1 Å². The molecule has 0 unspecified atom stereocenters. The zero-order valence-electron chi connectivity index (χ0n) is 16.4. The van der Waals surface area contributed by atoms with Gasteiger partial charge in [0.15, 0.2) is 5.69 Å². The summed E-state index contributed by atoms with van der Waals surface area (Å²) >= 11 is 0. The van der Waals surface area contributed by atoms with Gasteiger partial charge in [0.1, 0.15) is 12.2 Å². The van der Waals surface area contributed by atoms with E-state index in [0.717, 1.165) is 37.8 Å². The van der Waals surface area contributed by atoms with E-state index in [-0.39, 0.29) is 18.2 Å². The normalized spacial score (nSPS) is 9.85. The number of esters is 2. The summed E-state index contributed by atoms with van der Waals surface area (Å²) in [6, 6.07) is 1.76. The number of rotatable bonds is 11. The third kappa shape index (κ3) is 11.4. The van der Waals surface area contributed by atoms with Crippen LogP contribution < -0.4 is 0 Å². The van der Waals surface area contributed by atoms with E-state index < -0.39 is 5.97 Å². The maximum absolute atomic E-state index is 11.2. The number of ketones is 1. The molecule has 1 N–H and O–H groups in total. The van der Waals surface area contributed by atoms with Crippen LogP contribution in [0.15, 0.2) is 6.07 Å². The van der Waals surface area contributed by atoms with E-state index in [1.807, 2.05) is 6.92 Å². The SMILES string of the molecule is CCCCC(=O)CC(=O)OCC.CCCCc1cc(C(=O)OCC)n[nH]1. The molecule has 7 nitrogen and oxygen atoms in total. The fraction of sp³-hybridized carbons (Fsp3) is 0.684. The fourth-order valence-corrected chi connectivity index (χ4v) is 2.00. The van der Waals surface area contributed by atoms with Gasteiger partial charge in [-0.2, -0.15) is 5.10 Å². The molecule has 1 heterocycles. The molecule has 0 saturated carbocycles. The molecular weight excluding hydrogens is 336 g/mol. The summed E-state index contributed by atoms with van der Waals surface area (Å²) in [5, 5.41) is 6.72. The molecular formula is C19H32N2O5. The predicted octanol–water partition coefficient (Wildman–Crippen LogP) is 3.63. The Morgan fingerprint density at radius 3 is 2.23 bits per heavy atom. The highest BCUT2D eigenvalue weighted by Crippen LogP contribution is 2.05. The number of Topliss-reactive ketones (excluding diaryl/α,β-unsaturated/α-hetero) is 1. The van der Waals surface area contributed by atoms with E-state index in [1.54, 1.807) is 19.9 Å². The van der Waals surface area contributed by atoms with E-state index in [1.165, 1.54) is 0 Å². The van der Waals surface area contributed by atoms with Crippen molar-refractivity contribution in [3.8, 4) is 0 Å². The highest BCUT2D eigenvalue weighted by molar-refractivity contribution is 5.95. The summed E-state index contributed by atoms with van der Waals surface area (Å²) in [4.78, 5) is 33.0. The topological polar surface area (TPSA) is 98.3 Å². The Bertz CT molecular complexity index is 540. The molecule has 0 amide bonds. The summed E-state index contributed by atoms with van der Waals surface area (Å²) in [5.74, 6) is -0.777. The molecule has 0 aliphatic rings. The fourth-order valence-electron chi connectivity index (χ4n) is 2.00. The van der Waals surface area contributed by atoms with Crippen LogP contribution in [0.1, 0.15) is 82.4 Å². The first kappa shape index (κ1) is 23.8. The highest BCUT2D eigenvalue weighted by Gasteiger charge is 2.10. The zero-order chi connectivity index (χ0) is 19.8. The van der Waals surface area contributed by atoms with Crippen LogP contribution in [0.3, 0.4) is 0 Å². The Kier molecular flexibility index (Phi) is 13.8. The lowest BCUT2D eigenvalue weighted by molar-refractivity contribution is -0.145. The molecule has 0 saturated heterocycles. The van der Waals surface area contributed by atoms with Gasteiger partial charge in [-0.1, -0.05) is 26.7 Å². The predicted molar refractivity (Wildman–Crippen MR) is 98.9 cm³/mol. The number of hydrogen-bond acceptors (Lipinski definition) is 6. The first-order valence-electron chi connectivity index (χ1n) is 9.37. The van der Waals surface area contributed by atoms with Gasteiger partial charge in [0, 0.05) is 12.1 Å². The lowest BCUT2D eigenvalue weighted by Crippen LogP contribution is -2.10. The second-order valence-electron chi connectivity index (χ2n) is 5.73. The summed E-state index contributed by atoms with van der Waals surface area (Å²) in [5.41, 5.74) is 1.37. The van der Waals surface area contributed by atoms with Crippen molar-refractivity contribution in [1.82, 2.24) is 10.2 Å². The molecule has 0 atom stereocenters. The van der Waals surface area contributed by atoms with Gasteiger partial charge >= 0.3 is 11.9 Å². The maximum atomic E-state index is 11.2. The van der Waals surface area contributed by atoms with Crippen LogP contribution in [0.25, 0.3) is 0 Å². The third-order valence-corrected chi connectivity index (χ3v) is 3.37. The van der Waals surface area contributed by atoms with Gasteiger partial charge in [0.2, 0.25) is 0 Å². The van der Waals surface area contributed by atoms with Crippen LogP contribution in [0, 0.1) is 0 Å². The van der Waals surface area contributed by atoms with Gasteiger partial charge in [-0.15, -0.1) is 0 Å². The first-order valence-corrected chi connectivity index (χ1v) is 9.37. The van der Waals surface area contributed by atoms with Crippen LogP contribution in [0.5, 0.6) is 0 Å². The minimum atomic E-state index is -0.404. The average molecular weight is 368 g/mol. The molecule has 7 heteroatoms. The number of aryl methyl sites for hydroxylation is 1. The van der Waals surface area contributed by atoms with E-state index in [4.69, 9.17) is 4.74 Å². The molecule has 0 aliphatic carbocycles. The Labute approximate surface area is 155 Å². The molecule has 0 radical (unpaired) electrons. The van der Waals surface area contributed by atoms with E-state index in [0.29, 0.717) is 25.3 Å². The van der Waals surface area contributed by atoms with Crippen molar-refractivity contribution in [2.45, 2.75) is 72.6 Å². The summed E-state index contributed by atoms with van der Waals surface area (Å²) in [7, 11) is 0. The van der Waals surface area contributed by atoms with Gasteiger partial charge in [-0.25, -0.2) is 4.79 Å². The van der Waals surface area contributed by atoms with Crippen LogP contribution in [-0.2, 0) is 25.5 Å². The van der Waals surface area contributed by atoms with E-state index >= 15 is 0 Å². The van der Waals surface area contributed by atoms with Crippen molar-refractivity contribution in [2.24, 2.45) is 0 Å². The van der Waals surface area contributed by atoms with Gasteiger partial charge in [0.25, 0.3) is 0 Å². The van der Waals surface area contributed by atoms with Gasteiger partial charge < -0.3 is 9.47 Å². The summed E-state index contributed by atoms with van der Waals surface area (Å²) < 4.78 is 9.46. The summed E-state index contributed by atoms with van der Waals surface area (Å²) in [6.07, 6.45) is 5.44. The number of hydrogen-bond donors (Lipinski definition) is 1. The number of aromatic nitrogens is 2. The molecule has 0 aromatic carbocycles. The van der Waals surface area contributed by atoms with Crippen LogP contribution >= 0.6 is 0 Å². The lowest BCUT2D eigenvalue weighted by Gasteiger charge is -1.99. The second kappa shape index (κ2) is 15.1. The number of carbonyl (C=O) groups is 3. The van der Waals surface area contributed by atoms with Gasteiger partial charge in [-0.05, 0) is 39.2 Å². The zero-order valence-corrected chi connectivity index (χ0v) is 16.4. The minimum absolute atomic E-state index is 0.0182. The summed E-state index contributed by atoms with van der Waals surface area (Å²) in [6.45, 7) is 8.38. The molecule has 26 heavy (non-hydrogen) atoms. The van der Waals surface area contributed by atoms with E-state index in [2.05, 4.69) is 21.9 Å². The molecule has 1 aromatic heterocycles. The largest absolute Gasteiger partial charge is 0.466 e. The number of nitrogens with one attached hydrogen (secondary N) is 1.